The third kappa shape index (κ3) is 7.46. The lowest BCUT2D eigenvalue weighted by Gasteiger charge is -2.22. The van der Waals surface area contributed by atoms with Gasteiger partial charge in [-0.15, -0.1) is 24.0 Å². The molecule has 0 bridgehead atoms. The van der Waals surface area contributed by atoms with Crippen molar-refractivity contribution >= 4 is 35.8 Å². The van der Waals surface area contributed by atoms with Crippen LogP contribution in [-0.4, -0.2) is 37.4 Å². The van der Waals surface area contributed by atoms with E-state index >= 15 is 0 Å². The van der Waals surface area contributed by atoms with Crippen LogP contribution in [-0.2, 0) is 13.1 Å². The molecule has 1 amide bonds. The van der Waals surface area contributed by atoms with Crippen LogP contribution in [0.3, 0.4) is 0 Å². The molecular weight excluding hydrogens is 470 g/mol. The summed E-state index contributed by atoms with van der Waals surface area (Å²) in [6.07, 6.45) is 0.904. The van der Waals surface area contributed by atoms with Crippen LogP contribution in [0.5, 0.6) is 0 Å². The molecule has 2 aromatic rings. The van der Waals surface area contributed by atoms with Crippen LogP contribution < -0.4 is 10.6 Å². The van der Waals surface area contributed by atoms with Gasteiger partial charge in [-0.3, -0.25) is 9.79 Å². The third-order valence-corrected chi connectivity index (χ3v) is 4.06. The van der Waals surface area contributed by atoms with Gasteiger partial charge in [0.05, 0.1) is 0 Å². The summed E-state index contributed by atoms with van der Waals surface area (Å²) < 4.78 is 13.4. The van der Waals surface area contributed by atoms with Crippen LogP contribution in [0.15, 0.2) is 53.5 Å². The molecule has 0 aliphatic heterocycles. The zero-order valence-electron chi connectivity index (χ0n) is 16.5. The number of nitrogens with zero attached hydrogens (tertiary/aromatic N) is 2. The highest BCUT2D eigenvalue weighted by molar-refractivity contribution is 14.0. The maximum Gasteiger partial charge on any atom is 0.251 e. The van der Waals surface area contributed by atoms with Gasteiger partial charge in [0.25, 0.3) is 5.91 Å². The van der Waals surface area contributed by atoms with Crippen molar-refractivity contribution in [2.24, 2.45) is 4.99 Å². The molecule has 2 rings (SSSR count). The van der Waals surface area contributed by atoms with Gasteiger partial charge in [-0.1, -0.05) is 31.2 Å². The molecule has 28 heavy (non-hydrogen) atoms. The average Bonchev–Trinajstić information content (AvgIpc) is 2.66. The highest BCUT2D eigenvalue weighted by atomic mass is 127. The van der Waals surface area contributed by atoms with E-state index in [1.807, 2.05) is 43.1 Å². The summed E-state index contributed by atoms with van der Waals surface area (Å²) in [5.74, 6) is 0.383. The van der Waals surface area contributed by atoms with Crippen molar-refractivity contribution in [3.8, 4) is 0 Å². The maximum absolute atomic E-state index is 13.4. The van der Waals surface area contributed by atoms with Crippen LogP contribution in [0.2, 0.25) is 0 Å². The number of benzene rings is 2. The number of hydrogen-bond acceptors (Lipinski definition) is 2. The highest BCUT2D eigenvalue weighted by Gasteiger charge is 2.09. The molecular formula is C21H28FIN4O. The second kappa shape index (κ2) is 12.3. The summed E-state index contributed by atoms with van der Waals surface area (Å²) in [5, 5.41) is 6.16. The number of carbonyl (C=O) groups excluding carboxylic acids is 1. The Morgan fingerprint density at radius 2 is 1.82 bits per heavy atom. The van der Waals surface area contributed by atoms with Gasteiger partial charge in [-0.25, -0.2) is 4.39 Å². The quantitative estimate of drug-likeness (QED) is 0.347. The lowest BCUT2D eigenvalue weighted by atomic mass is 10.1. The van der Waals surface area contributed by atoms with Gasteiger partial charge >= 0.3 is 0 Å². The van der Waals surface area contributed by atoms with Gasteiger partial charge < -0.3 is 15.5 Å². The van der Waals surface area contributed by atoms with Crippen LogP contribution in [0, 0.1) is 5.82 Å². The van der Waals surface area contributed by atoms with Gasteiger partial charge in [-0.05, 0) is 41.8 Å². The number of carbonyl (C=O) groups is 1. The van der Waals surface area contributed by atoms with Crippen LogP contribution in [0.4, 0.5) is 4.39 Å². The van der Waals surface area contributed by atoms with E-state index in [9.17, 15) is 9.18 Å². The normalized spacial score (nSPS) is 10.8. The third-order valence-electron chi connectivity index (χ3n) is 4.06. The molecule has 7 heteroatoms. The predicted octanol–water partition coefficient (Wildman–Crippen LogP) is 3.79. The standard InChI is InChI=1S/C21H27FN4O.HI/c1-4-11-24-20(27)18-9-5-7-16(12-18)14-25-21(23-2)26(3)15-17-8-6-10-19(22)13-17;/h5-10,12-13H,4,11,14-15H2,1-3H3,(H,23,25)(H,24,27);1H. The number of guanidine groups is 1. The molecule has 0 aliphatic carbocycles. The van der Waals surface area contributed by atoms with Gasteiger partial charge in [-0.2, -0.15) is 0 Å². The number of amides is 1. The van der Waals surface area contributed by atoms with Crippen LogP contribution in [0.25, 0.3) is 0 Å². The Bertz CT molecular complexity index is 797. The Morgan fingerprint density at radius 3 is 2.50 bits per heavy atom. The first kappa shape index (κ1) is 23.9. The molecule has 0 aromatic heterocycles. The van der Waals surface area contributed by atoms with Crippen molar-refractivity contribution in [3.63, 3.8) is 0 Å². The van der Waals surface area contributed by atoms with Crippen LogP contribution in [0.1, 0.15) is 34.8 Å². The SMILES string of the molecule is CCCNC(=O)c1cccc(CNC(=NC)N(C)Cc2cccc(F)c2)c1.I. The van der Waals surface area contributed by atoms with Gasteiger partial charge in [0.15, 0.2) is 5.96 Å². The lowest BCUT2D eigenvalue weighted by Crippen LogP contribution is -2.38. The predicted molar refractivity (Wildman–Crippen MR) is 123 cm³/mol. The summed E-state index contributed by atoms with van der Waals surface area (Å²) in [5.41, 5.74) is 2.50. The molecule has 5 nitrogen and oxygen atoms in total. The van der Waals surface area contributed by atoms with E-state index in [0.29, 0.717) is 31.2 Å². The Morgan fingerprint density at radius 1 is 1.11 bits per heavy atom. The number of rotatable bonds is 7. The second-order valence-corrected chi connectivity index (χ2v) is 6.34. The second-order valence-electron chi connectivity index (χ2n) is 6.34. The Kier molecular flexibility index (Phi) is 10.5. The molecule has 0 fully saturated rings. The van der Waals surface area contributed by atoms with E-state index in [2.05, 4.69) is 15.6 Å². The van der Waals surface area contributed by atoms with E-state index in [-0.39, 0.29) is 35.7 Å². The minimum atomic E-state index is -0.248. The van der Waals surface area contributed by atoms with Crippen LogP contribution >= 0.6 is 24.0 Å². The Labute approximate surface area is 183 Å². The largest absolute Gasteiger partial charge is 0.352 e. The first-order valence-electron chi connectivity index (χ1n) is 9.07. The summed E-state index contributed by atoms with van der Waals surface area (Å²) in [6, 6.07) is 14.0. The molecule has 2 aromatic carbocycles. The van der Waals surface area contributed by atoms with E-state index in [4.69, 9.17) is 0 Å². The summed E-state index contributed by atoms with van der Waals surface area (Å²) in [6.45, 7) is 3.76. The summed E-state index contributed by atoms with van der Waals surface area (Å²) in [7, 11) is 3.61. The molecule has 0 heterocycles. The summed E-state index contributed by atoms with van der Waals surface area (Å²) >= 11 is 0. The fourth-order valence-electron chi connectivity index (χ4n) is 2.71. The van der Waals surface area contributed by atoms with Crippen molar-refractivity contribution in [3.05, 3.63) is 71.0 Å². The van der Waals surface area contributed by atoms with Crippen molar-refractivity contribution in [1.29, 1.82) is 0 Å². The van der Waals surface area contributed by atoms with E-state index in [1.165, 1.54) is 12.1 Å². The van der Waals surface area contributed by atoms with Crippen molar-refractivity contribution < 1.29 is 9.18 Å². The van der Waals surface area contributed by atoms with Crippen molar-refractivity contribution in [2.75, 3.05) is 20.6 Å². The highest BCUT2D eigenvalue weighted by Crippen LogP contribution is 2.08. The minimum absolute atomic E-state index is 0. The molecule has 0 atom stereocenters. The average molecular weight is 498 g/mol. The van der Waals surface area contributed by atoms with E-state index in [1.54, 1.807) is 19.2 Å². The molecule has 0 radical (unpaired) electrons. The molecule has 2 N–H and O–H groups in total. The molecule has 0 spiro atoms. The fourth-order valence-corrected chi connectivity index (χ4v) is 2.71. The number of hydrogen-bond donors (Lipinski definition) is 2. The first-order chi connectivity index (χ1) is 13.0. The Hall–Kier alpha value is -2.16. The fraction of sp³-hybridized carbons (Fsp3) is 0.333. The van der Waals surface area contributed by atoms with E-state index in [0.717, 1.165) is 17.5 Å². The topological polar surface area (TPSA) is 56.7 Å². The zero-order valence-corrected chi connectivity index (χ0v) is 18.9. The van der Waals surface area contributed by atoms with E-state index < -0.39 is 0 Å². The van der Waals surface area contributed by atoms with Gasteiger partial charge in [0.1, 0.15) is 5.82 Å². The minimum Gasteiger partial charge on any atom is -0.352 e. The van der Waals surface area contributed by atoms with Crippen molar-refractivity contribution in [1.82, 2.24) is 15.5 Å². The molecule has 0 saturated heterocycles. The van der Waals surface area contributed by atoms with Gasteiger partial charge in [0, 0.05) is 39.3 Å². The molecule has 152 valence electrons. The maximum atomic E-state index is 13.4. The Balaban J connectivity index is 0.00000392. The summed E-state index contributed by atoms with van der Waals surface area (Å²) in [4.78, 5) is 18.3. The monoisotopic (exact) mass is 498 g/mol. The van der Waals surface area contributed by atoms with Gasteiger partial charge in [0.2, 0.25) is 0 Å². The first-order valence-corrected chi connectivity index (χ1v) is 9.07. The number of halogens is 2. The molecule has 0 unspecified atom stereocenters. The smallest absolute Gasteiger partial charge is 0.251 e. The van der Waals surface area contributed by atoms with Crippen molar-refractivity contribution in [2.45, 2.75) is 26.4 Å². The molecule has 0 aliphatic rings. The number of aliphatic imine (C=N–C) groups is 1. The lowest BCUT2D eigenvalue weighted by molar-refractivity contribution is 0.0953. The zero-order chi connectivity index (χ0) is 19.6. The number of nitrogens with one attached hydrogen (secondary N) is 2. The molecule has 0 saturated carbocycles.